The average Bonchev–Trinajstić information content (AvgIpc) is 2.82. The number of halogens is 1. The van der Waals surface area contributed by atoms with Crippen LogP contribution in [-0.2, 0) is 25.6 Å². The molecule has 4 rings (SSSR count). The first-order valence-electron chi connectivity index (χ1n) is 11.3. The van der Waals surface area contributed by atoms with Gasteiger partial charge in [-0.15, -0.1) is 0 Å². The number of phenolic OH excluding ortho intramolecular Hbond substituents is 1. The van der Waals surface area contributed by atoms with Crippen molar-refractivity contribution >= 4 is 50.8 Å². The molecule has 5 atom stereocenters. The number of hydrogen-bond acceptors (Lipinski definition) is 10. The molecular formula is C24H26BrN3O9. The van der Waals surface area contributed by atoms with Crippen molar-refractivity contribution in [2.75, 3.05) is 26.0 Å². The van der Waals surface area contributed by atoms with E-state index < -0.39 is 81.1 Å². The van der Waals surface area contributed by atoms with Crippen LogP contribution in [0.5, 0.6) is 5.75 Å². The molecule has 1 fully saturated rings. The van der Waals surface area contributed by atoms with E-state index in [-0.39, 0.29) is 29.7 Å². The summed E-state index contributed by atoms with van der Waals surface area (Å²) in [4.78, 5) is 51.5. The lowest BCUT2D eigenvalue weighted by atomic mass is 9.57. The number of phenols is 1. The predicted octanol–water partition coefficient (Wildman–Crippen LogP) is -0.342. The van der Waals surface area contributed by atoms with E-state index in [1.807, 2.05) is 0 Å². The van der Waals surface area contributed by atoms with E-state index in [0.29, 0.717) is 5.56 Å². The van der Waals surface area contributed by atoms with Crippen LogP contribution in [0.1, 0.15) is 17.5 Å². The molecule has 2 amide bonds. The number of fused-ring (bicyclic) bond motifs is 3. The van der Waals surface area contributed by atoms with E-state index in [4.69, 9.17) is 10.8 Å². The number of primary amides is 1. The Morgan fingerprint density at radius 1 is 1.24 bits per heavy atom. The molecule has 37 heavy (non-hydrogen) atoms. The Morgan fingerprint density at radius 2 is 1.89 bits per heavy atom. The molecule has 0 heterocycles. The highest BCUT2D eigenvalue weighted by Crippen LogP contribution is 2.53. The fourth-order valence-electron chi connectivity index (χ4n) is 5.61. The van der Waals surface area contributed by atoms with Gasteiger partial charge in [-0.1, -0.05) is 22.0 Å². The van der Waals surface area contributed by atoms with Crippen molar-refractivity contribution in [3.8, 4) is 5.75 Å². The van der Waals surface area contributed by atoms with Crippen molar-refractivity contribution in [1.82, 2.24) is 4.90 Å². The molecule has 1 aromatic carbocycles. The Hall–Kier alpha value is -3.26. The van der Waals surface area contributed by atoms with Crippen molar-refractivity contribution in [2.45, 2.75) is 29.3 Å². The number of rotatable bonds is 5. The van der Waals surface area contributed by atoms with Crippen molar-refractivity contribution in [3.05, 3.63) is 40.2 Å². The number of alkyl halides is 1. The van der Waals surface area contributed by atoms with Gasteiger partial charge in [0.15, 0.2) is 11.4 Å². The summed E-state index contributed by atoms with van der Waals surface area (Å²) in [5, 5.41) is 56.0. The number of carbonyl (C=O) groups excluding carboxylic acids is 4. The maximum atomic E-state index is 13.8. The molecule has 1 saturated carbocycles. The van der Waals surface area contributed by atoms with Gasteiger partial charge in [0.1, 0.15) is 27.7 Å². The van der Waals surface area contributed by atoms with Crippen LogP contribution in [0.25, 0.3) is 5.76 Å². The van der Waals surface area contributed by atoms with Crippen LogP contribution in [0, 0.1) is 11.8 Å². The summed E-state index contributed by atoms with van der Waals surface area (Å²) < 4.78 is 0. The Balaban J connectivity index is 1.87. The van der Waals surface area contributed by atoms with Crippen LogP contribution < -0.4 is 11.1 Å². The third-order valence-electron chi connectivity index (χ3n) is 7.30. The average molecular weight is 580 g/mol. The second-order valence-electron chi connectivity index (χ2n) is 9.60. The van der Waals surface area contributed by atoms with Crippen molar-refractivity contribution < 1.29 is 44.7 Å². The Morgan fingerprint density at radius 3 is 2.46 bits per heavy atom. The zero-order chi connectivity index (χ0) is 27.6. The molecule has 13 heteroatoms. The fraction of sp³-hybridized carbons (Fsp3) is 0.417. The molecule has 1 aromatic rings. The lowest BCUT2D eigenvalue weighted by Crippen LogP contribution is -2.65. The van der Waals surface area contributed by atoms with Crippen molar-refractivity contribution in [3.63, 3.8) is 0 Å². The highest BCUT2D eigenvalue weighted by molar-refractivity contribution is 9.10. The number of nitrogens with zero attached hydrogens (tertiary/aromatic N) is 1. The second-order valence-corrected chi connectivity index (χ2v) is 10.7. The summed E-state index contributed by atoms with van der Waals surface area (Å²) >= 11 is 2.98. The molecule has 0 bridgehead atoms. The zero-order valence-electron chi connectivity index (χ0n) is 19.9. The summed E-state index contributed by atoms with van der Waals surface area (Å²) in [7, 11) is 3.05. The maximum Gasteiger partial charge on any atom is 0.255 e. The van der Waals surface area contributed by atoms with Crippen LogP contribution in [0.4, 0.5) is 5.69 Å². The van der Waals surface area contributed by atoms with Gasteiger partial charge in [-0.3, -0.25) is 24.1 Å². The quantitative estimate of drug-likeness (QED) is 0.137. The van der Waals surface area contributed by atoms with Crippen LogP contribution in [0.2, 0.25) is 0 Å². The monoisotopic (exact) mass is 579 g/mol. The lowest BCUT2D eigenvalue weighted by Gasteiger charge is -2.50. The molecule has 0 aliphatic heterocycles. The minimum atomic E-state index is -2.73. The number of nitrogens with one attached hydrogen (secondary N) is 1. The van der Waals surface area contributed by atoms with Gasteiger partial charge in [0.2, 0.25) is 11.7 Å². The largest absolute Gasteiger partial charge is 0.508 e. The third kappa shape index (κ3) is 3.84. The highest BCUT2D eigenvalue weighted by Gasteiger charge is 2.64. The molecule has 0 aromatic heterocycles. The number of hydrogen-bond donors (Lipinski definition) is 7. The number of benzene rings is 1. The number of Topliss-reactive ketones (excluding diaryl/α,β-unsaturated/α-hetero) is 2. The van der Waals surface area contributed by atoms with E-state index in [0.717, 1.165) is 0 Å². The van der Waals surface area contributed by atoms with Crippen molar-refractivity contribution in [1.29, 1.82) is 0 Å². The number of carbonyl (C=O) groups is 4. The second kappa shape index (κ2) is 9.24. The third-order valence-corrected chi connectivity index (χ3v) is 8.00. The summed E-state index contributed by atoms with van der Waals surface area (Å²) in [5.74, 6) is -8.15. The van der Waals surface area contributed by atoms with E-state index in [1.165, 1.54) is 25.1 Å². The van der Waals surface area contributed by atoms with E-state index in [2.05, 4.69) is 21.2 Å². The van der Waals surface area contributed by atoms with E-state index in [1.54, 1.807) is 6.07 Å². The molecule has 0 saturated heterocycles. The molecule has 3 aliphatic rings. The lowest BCUT2D eigenvalue weighted by molar-refractivity contribution is -0.153. The number of nitrogens with two attached hydrogens (primary N) is 1. The number of amides is 2. The number of aliphatic hydroxyl groups is 4. The molecule has 3 aliphatic carbocycles. The number of likely N-dealkylation sites (N-methyl/N-ethyl adjacent to an activating group) is 1. The predicted molar refractivity (Wildman–Crippen MR) is 133 cm³/mol. The summed E-state index contributed by atoms with van der Waals surface area (Å²) in [5.41, 5.74) is 1.59. The minimum Gasteiger partial charge on any atom is -0.508 e. The number of anilines is 1. The molecule has 0 radical (unpaired) electrons. The first-order chi connectivity index (χ1) is 17.3. The smallest absolute Gasteiger partial charge is 0.255 e. The SMILES string of the molecule is CN(C)[C@@H]1C(=O)C(C(N)=O)=C(O)[C@@]2(O)C(=O)C3=C(O)c4c(ccc(NC(=O)C(Br)CO)c4O)CC3CC12. The first kappa shape index (κ1) is 26.8. The Labute approximate surface area is 219 Å². The van der Waals surface area contributed by atoms with Gasteiger partial charge in [0.05, 0.1) is 23.9 Å². The Bertz CT molecular complexity index is 1300. The molecule has 3 unspecified atom stereocenters. The normalized spacial score (nSPS) is 28.0. The van der Waals surface area contributed by atoms with Crippen LogP contribution >= 0.6 is 15.9 Å². The fourth-order valence-corrected chi connectivity index (χ4v) is 5.73. The van der Waals surface area contributed by atoms with Gasteiger partial charge in [0.25, 0.3) is 5.91 Å². The molecule has 0 spiro atoms. The standard InChI is InChI=1S/C24H26BrN3O9/c1-28(2)16-10-6-9-5-8-3-4-12(27-23(36)11(25)7-29)17(30)13(8)18(31)14(9)20(33)24(10,37)21(34)15(19(16)32)22(26)35/h3-4,9-11,16,29-31,34,37H,5-7H2,1-2H3,(H2,26,35)(H,27,36)/t9?,10?,11?,16-,24-/m0/s1. The molecular weight excluding hydrogens is 554 g/mol. The Kier molecular flexibility index (Phi) is 6.69. The maximum absolute atomic E-state index is 13.8. The first-order valence-corrected chi connectivity index (χ1v) is 12.2. The van der Waals surface area contributed by atoms with Gasteiger partial charge in [0, 0.05) is 11.5 Å². The summed E-state index contributed by atoms with van der Waals surface area (Å²) in [6, 6.07) is 1.79. The molecule has 8 N–H and O–H groups in total. The van der Waals surface area contributed by atoms with Gasteiger partial charge in [-0.2, -0.15) is 0 Å². The highest BCUT2D eigenvalue weighted by atomic mass is 79.9. The molecule has 198 valence electrons. The topological polar surface area (TPSA) is 211 Å². The number of aromatic hydroxyl groups is 1. The van der Waals surface area contributed by atoms with Crippen LogP contribution in [-0.4, -0.2) is 91.0 Å². The summed E-state index contributed by atoms with van der Waals surface area (Å²) in [6.45, 7) is -0.510. The van der Waals surface area contributed by atoms with Crippen LogP contribution in [0.15, 0.2) is 29.0 Å². The number of aliphatic hydroxyl groups excluding tert-OH is 3. The zero-order valence-corrected chi connectivity index (χ0v) is 21.4. The van der Waals surface area contributed by atoms with Gasteiger partial charge < -0.3 is 36.6 Å². The number of ketones is 2. The van der Waals surface area contributed by atoms with Gasteiger partial charge in [-0.05, 0) is 44.5 Å². The van der Waals surface area contributed by atoms with E-state index >= 15 is 0 Å². The van der Waals surface area contributed by atoms with E-state index in [9.17, 15) is 39.6 Å². The van der Waals surface area contributed by atoms with Gasteiger partial charge >= 0.3 is 0 Å². The van der Waals surface area contributed by atoms with Crippen molar-refractivity contribution in [2.24, 2.45) is 17.6 Å². The van der Waals surface area contributed by atoms with Gasteiger partial charge in [-0.25, -0.2) is 0 Å². The molecule has 12 nitrogen and oxygen atoms in total. The summed E-state index contributed by atoms with van der Waals surface area (Å²) in [6.07, 6.45) is 0.112. The minimum absolute atomic E-state index is 0.0211. The van der Waals surface area contributed by atoms with Crippen LogP contribution in [0.3, 0.4) is 0 Å².